The highest BCUT2D eigenvalue weighted by molar-refractivity contribution is 9.11. The van der Waals surface area contributed by atoms with Gasteiger partial charge in [-0.1, -0.05) is 28.4 Å². The Morgan fingerprint density at radius 1 is 1.62 bits per heavy atom. The van der Waals surface area contributed by atoms with Crippen LogP contribution < -0.4 is 0 Å². The number of nitrogens with zero attached hydrogens (tertiary/aromatic N) is 1. The third-order valence-corrected chi connectivity index (χ3v) is 3.29. The van der Waals surface area contributed by atoms with Crippen molar-refractivity contribution in [2.75, 3.05) is 13.1 Å². The fourth-order valence-corrected chi connectivity index (χ4v) is 1.91. The molecule has 0 atom stereocenters. The van der Waals surface area contributed by atoms with E-state index >= 15 is 0 Å². The second kappa shape index (κ2) is 4.80. The molecule has 0 aromatic rings. The lowest BCUT2D eigenvalue weighted by Gasteiger charge is -2.27. The fraction of sp³-hybridized carbons (Fsp3) is 0.700. The number of rotatable bonds is 2. The van der Waals surface area contributed by atoms with Gasteiger partial charge in [0.15, 0.2) is 0 Å². The van der Waals surface area contributed by atoms with E-state index in [1.165, 1.54) is 10.1 Å². The van der Waals surface area contributed by atoms with Gasteiger partial charge in [0, 0.05) is 17.4 Å². The van der Waals surface area contributed by atoms with Gasteiger partial charge in [0.05, 0.1) is 6.54 Å². The molecular formula is C10H16BrNO. The molecule has 0 unspecified atom stereocenters. The summed E-state index contributed by atoms with van der Waals surface area (Å²) >= 11 is 3.50. The zero-order chi connectivity index (χ0) is 9.84. The molecule has 1 rings (SSSR count). The molecule has 74 valence electrons. The molecule has 13 heavy (non-hydrogen) atoms. The van der Waals surface area contributed by atoms with Crippen LogP contribution in [0.4, 0.5) is 0 Å². The Bertz CT molecular complexity index is 235. The van der Waals surface area contributed by atoms with Gasteiger partial charge in [0.1, 0.15) is 0 Å². The van der Waals surface area contributed by atoms with E-state index in [9.17, 15) is 4.79 Å². The van der Waals surface area contributed by atoms with Gasteiger partial charge < -0.3 is 4.90 Å². The van der Waals surface area contributed by atoms with Crippen LogP contribution in [-0.4, -0.2) is 23.9 Å². The summed E-state index contributed by atoms with van der Waals surface area (Å²) in [7, 11) is 0. The van der Waals surface area contributed by atoms with Crippen molar-refractivity contribution in [3.63, 3.8) is 0 Å². The first-order chi connectivity index (χ1) is 6.15. The molecule has 0 aliphatic carbocycles. The van der Waals surface area contributed by atoms with E-state index < -0.39 is 0 Å². The number of hydrogen-bond acceptors (Lipinski definition) is 1. The van der Waals surface area contributed by atoms with E-state index in [1.807, 2.05) is 11.8 Å². The van der Waals surface area contributed by atoms with Crippen molar-refractivity contribution in [3.8, 4) is 0 Å². The Labute approximate surface area is 88.1 Å². The minimum absolute atomic E-state index is 0.284. The van der Waals surface area contributed by atoms with Crippen LogP contribution in [0.1, 0.15) is 33.1 Å². The maximum absolute atomic E-state index is 11.5. The molecule has 3 heteroatoms. The van der Waals surface area contributed by atoms with Crippen molar-refractivity contribution in [1.82, 2.24) is 4.90 Å². The van der Waals surface area contributed by atoms with Crippen LogP contribution in [0.2, 0.25) is 0 Å². The van der Waals surface area contributed by atoms with Gasteiger partial charge in [0.25, 0.3) is 0 Å². The molecule has 0 spiro atoms. The van der Waals surface area contributed by atoms with E-state index in [1.54, 1.807) is 0 Å². The molecule has 0 radical (unpaired) electrons. The largest absolute Gasteiger partial charge is 0.338 e. The molecule has 1 aliphatic rings. The van der Waals surface area contributed by atoms with Gasteiger partial charge >= 0.3 is 0 Å². The standard InChI is InChI=1S/C10H16BrNO/c1-3-4-10(13)12-6-5-8(2)9(11)7-12/h3-7H2,1-2H3. The van der Waals surface area contributed by atoms with Gasteiger partial charge in [-0.25, -0.2) is 0 Å². The van der Waals surface area contributed by atoms with E-state index in [2.05, 4.69) is 22.9 Å². The molecule has 0 saturated carbocycles. The van der Waals surface area contributed by atoms with Gasteiger partial charge in [0.2, 0.25) is 5.91 Å². The SMILES string of the molecule is CCCC(=O)N1CCC(C)=C(Br)C1. The van der Waals surface area contributed by atoms with Gasteiger partial charge in [-0.2, -0.15) is 0 Å². The van der Waals surface area contributed by atoms with Crippen LogP contribution in [0.15, 0.2) is 10.1 Å². The third-order valence-electron chi connectivity index (χ3n) is 2.37. The first-order valence-corrected chi connectivity index (χ1v) is 5.56. The second-order valence-electron chi connectivity index (χ2n) is 3.50. The summed E-state index contributed by atoms with van der Waals surface area (Å²) in [5.74, 6) is 0.284. The highest BCUT2D eigenvalue weighted by Crippen LogP contribution is 2.22. The Morgan fingerprint density at radius 2 is 2.31 bits per heavy atom. The van der Waals surface area contributed by atoms with Crippen molar-refractivity contribution < 1.29 is 4.79 Å². The maximum atomic E-state index is 11.5. The maximum Gasteiger partial charge on any atom is 0.222 e. The number of amides is 1. The minimum Gasteiger partial charge on any atom is -0.338 e. The summed E-state index contributed by atoms with van der Waals surface area (Å²) in [4.78, 5) is 13.5. The number of halogens is 1. The molecule has 0 fully saturated rings. The van der Waals surface area contributed by atoms with Gasteiger partial charge in [-0.05, 0) is 19.8 Å². The van der Waals surface area contributed by atoms with Gasteiger partial charge in [-0.15, -0.1) is 0 Å². The molecule has 0 bridgehead atoms. The monoisotopic (exact) mass is 245 g/mol. The average molecular weight is 246 g/mol. The van der Waals surface area contributed by atoms with Crippen molar-refractivity contribution in [3.05, 3.63) is 10.1 Å². The summed E-state index contributed by atoms with van der Waals surface area (Å²) in [6, 6.07) is 0. The van der Waals surface area contributed by atoms with E-state index in [-0.39, 0.29) is 5.91 Å². The lowest BCUT2D eigenvalue weighted by atomic mass is 10.1. The van der Waals surface area contributed by atoms with E-state index in [0.717, 1.165) is 25.9 Å². The summed E-state index contributed by atoms with van der Waals surface area (Å²) in [6.07, 6.45) is 2.63. The van der Waals surface area contributed by atoms with Crippen molar-refractivity contribution >= 4 is 21.8 Å². The molecule has 0 N–H and O–H groups in total. The number of hydrogen-bond donors (Lipinski definition) is 0. The number of carbonyl (C=O) groups is 1. The third kappa shape index (κ3) is 2.83. The molecule has 0 saturated heterocycles. The van der Waals surface area contributed by atoms with Crippen molar-refractivity contribution in [2.45, 2.75) is 33.1 Å². The predicted octanol–water partition coefficient (Wildman–Crippen LogP) is 2.69. The lowest BCUT2D eigenvalue weighted by molar-refractivity contribution is -0.130. The quantitative estimate of drug-likeness (QED) is 0.733. The van der Waals surface area contributed by atoms with E-state index in [0.29, 0.717) is 6.42 Å². The molecular weight excluding hydrogens is 230 g/mol. The second-order valence-corrected chi connectivity index (χ2v) is 4.46. The van der Waals surface area contributed by atoms with Crippen LogP contribution >= 0.6 is 15.9 Å². The highest BCUT2D eigenvalue weighted by atomic mass is 79.9. The minimum atomic E-state index is 0.284. The van der Waals surface area contributed by atoms with Crippen molar-refractivity contribution in [2.24, 2.45) is 0 Å². The molecule has 2 nitrogen and oxygen atoms in total. The Kier molecular flexibility index (Phi) is 3.97. The molecule has 1 amide bonds. The topological polar surface area (TPSA) is 20.3 Å². The number of carbonyl (C=O) groups excluding carboxylic acids is 1. The smallest absolute Gasteiger partial charge is 0.222 e. The summed E-state index contributed by atoms with van der Waals surface area (Å²) in [6.45, 7) is 5.81. The molecule has 0 aromatic carbocycles. The molecule has 0 aromatic heterocycles. The lowest BCUT2D eigenvalue weighted by Crippen LogP contribution is -2.35. The fourth-order valence-electron chi connectivity index (χ4n) is 1.40. The first kappa shape index (κ1) is 10.8. The normalized spacial score (nSPS) is 17.9. The average Bonchev–Trinajstić information content (AvgIpc) is 2.10. The van der Waals surface area contributed by atoms with Crippen LogP contribution in [0.25, 0.3) is 0 Å². The van der Waals surface area contributed by atoms with Crippen LogP contribution in [0.3, 0.4) is 0 Å². The van der Waals surface area contributed by atoms with Crippen LogP contribution in [0, 0.1) is 0 Å². The van der Waals surface area contributed by atoms with Crippen LogP contribution in [0.5, 0.6) is 0 Å². The zero-order valence-electron chi connectivity index (χ0n) is 8.27. The van der Waals surface area contributed by atoms with Crippen LogP contribution in [-0.2, 0) is 4.79 Å². The first-order valence-electron chi connectivity index (χ1n) is 4.77. The Morgan fingerprint density at radius 3 is 2.85 bits per heavy atom. The van der Waals surface area contributed by atoms with Gasteiger partial charge in [-0.3, -0.25) is 4.79 Å². The molecule has 1 aliphatic heterocycles. The Hall–Kier alpha value is -0.310. The Balaban J connectivity index is 2.53. The zero-order valence-corrected chi connectivity index (χ0v) is 9.85. The summed E-state index contributed by atoms with van der Waals surface area (Å²) in [5, 5.41) is 0. The summed E-state index contributed by atoms with van der Waals surface area (Å²) < 4.78 is 1.18. The highest BCUT2D eigenvalue weighted by Gasteiger charge is 2.18. The summed E-state index contributed by atoms with van der Waals surface area (Å²) in [5.41, 5.74) is 1.38. The van der Waals surface area contributed by atoms with Crippen molar-refractivity contribution in [1.29, 1.82) is 0 Å². The predicted molar refractivity (Wildman–Crippen MR) is 57.7 cm³/mol. The molecule has 1 heterocycles. The van der Waals surface area contributed by atoms with E-state index in [4.69, 9.17) is 0 Å².